The predicted octanol–water partition coefficient (Wildman–Crippen LogP) is 0.343. The molecule has 4 rings (SSSR count). The number of amides is 1. The summed E-state index contributed by atoms with van der Waals surface area (Å²) < 4.78 is 5.79. The van der Waals surface area contributed by atoms with Crippen molar-refractivity contribution < 1.29 is 19.0 Å². The minimum absolute atomic E-state index is 0.234. The first-order valence-electron chi connectivity index (χ1n) is 9.32. The number of aromatic nitrogens is 5. The number of aryl methyl sites for hydroxylation is 1. The lowest BCUT2D eigenvalue weighted by Gasteiger charge is -2.13. The molecule has 29 heavy (non-hydrogen) atoms. The number of hydroxylamine groups is 3. The van der Waals surface area contributed by atoms with E-state index in [9.17, 15) is 4.79 Å². The Kier molecular flexibility index (Phi) is 5.14. The zero-order valence-corrected chi connectivity index (χ0v) is 16.9. The lowest BCUT2D eigenvalue weighted by atomic mass is 10.1. The standard InChI is InChI=1S/C19H24N7O3/c1-13-16-11-17-18(19(27)23(3)28-4)24(9-10-29-20-2)12-25(17)14-7-5-6-8-15(14)26(16)22-21-13/h5-8,12,20H,9-11H2,1-4H3/q+1. The van der Waals surface area contributed by atoms with Gasteiger partial charge in [-0.2, -0.15) is 4.57 Å². The van der Waals surface area contributed by atoms with Crippen molar-refractivity contribution in [2.24, 2.45) is 0 Å². The molecule has 0 radical (unpaired) electrons. The molecule has 0 unspecified atom stereocenters. The van der Waals surface area contributed by atoms with Crippen LogP contribution in [0.3, 0.4) is 0 Å². The number of imidazole rings is 1. The highest BCUT2D eigenvalue weighted by atomic mass is 16.7. The molecule has 3 heterocycles. The zero-order chi connectivity index (χ0) is 20.5. The molecule has 0 aliphatic carbocycles. The molecule has 10 nitrogen and oxygen atoms in total. The second-order valence-corrected chi connectivity index (χ2v) is 6.71. The molecule has 1 N–H and O–H groups in total. The predicted molar refractivity (Wildman–Crippen MR) is 103 cm³/mol. The van der Waals surface area contributed by atoms with Crippen molar-refractivity contribution in [3.8, 4) is 11.4 Å². The fraction of sp³-hybridized carbons (Fsp3) is 0.368. The van der Waals surface area contributed by atoms with Crippen LogP contribution in [0.1, 0.15) is 27.6 Å². The second kappa shape index (κ2) is 7.74. The molecule has 0 saturated heterocycles. The molecular weight excluding hydrogens is 374 g/mol. The van der Waals surface area contributed by atoms with E-state index in [2.05, 4.69) is 15.8 Å². The van der Waals surface area contributed by atoms with Crippen LogP contribution in [0.25, 0.3) is 11.4 Å². The van der Waals surface area contributed by atoms with Crippen LogP contribution in [0.4, 0.5) is 0 Å². The van der Waals surface area contributed by atoms with E-state index in [1.165, 1.54) is 12.2 Å². The lowest BCUT2D eigenvalue weighted by Crippen LogP contribution is -2.44. The number of hydrogen-bond acceptors (Lipinski definition) is 6. The van der Waals surface area contributed by atoms with Crippen molar-refractivity contribution >= 4 is 5.91 Å². The van der Waals surface area contributed by atoms with Gasteiger partial charge in [0.05, 0.1) is 24.9 Å². The van der Waals surface area contributed by atoms with Crippen molar-refractivity contribution in [1.82, 2.24) is 30.1 Å². The number of rotatable bonds is 6. The minimum atomic E-state index is -0.234. The summed E-state index contributed by atoms with van der Waals surface area (Å²) in [5.74, 6) is -0.234. The fourth-order valence-electron chi connectivity index (χ4n) is 3.60. The lowest BCUT2D eigenvalue weighted by molar-refractivity contribution is -0.700. The maximum absolute atomic E-state index is 13.2. The van der Waals surface area contributed by atoms with E-state index in [-0.39, 0.29) is 5.91 Å². The summed E-state index contributed by atoms with van der Waals surface area (Å²) >= 11 is 0. The van der Waals surface area contributed by atoms with Crippen molar-refractivity contribution in [2.45, 2.75) is 19.9 Å². The average Bonchev–Trinajstić information content (AvgIpc) is 3.24. The van der Waals surface area contributed by atoms with Crippen LogP contribution >= 0.6 is 0 Å². The summed E-state index contributed by atoms with van der Waals surface area (Å²) in [6.45, 7) is 2.83. The Labute approximate surface area is 168 Å². The zero-order valence-electron chi connectivity index (χ0n) is 16.9. The summed E-state index contributed by atoms with van der Waals surface area (Å²) in [6, 6.07) is 7.94. The third-order valence-electron chi connectivity index (χ3n) is 5.11. The van der Waals surface area contributed by atoms with Gasteiger partial charge >= 0.3 is 5.91 Å². The van der Waals surface area contributed by atoms with E-state index >= 15 is 0 Å². The van der Waals surface area contributed by atoms with Crippen molar-refractivity contribution in [3.05, 3.63) is 53.4 Å². The van der Waals surface area contributed by atoms with Gasteiger partial charge in [-0.1, -0.05) is 17.3 Å². The Hall–Kier alpha value is -3.08. The van der Waals surface area contributed by atoms with Gasteiger partial charge in [-0.05, 0) is 19.1 Å². The number of carbonyl (C=O) groups is 1. The van der Waals surface area contributed by atoms with Crippen molar-refractivity contribution in [2.75, 3.05) is 27.8 Å². The molecule has 0 saturated carbocycles. The molecule has 2 aromatic heterocycles. The van der Waals surface area contributed by atoms with Crippen LogP contribution in [0.15, 0.2) is 30.6 Å². The van der Waals surface area contributed by atoms with Crippen LogP contribution in [-0.2, 0) is 22.6 Å². The first-order chi connectivity index (χ1) is 14.1. The number of para-hydroxylation sites is 2. The van der Waals surface area contributed by atoms with Gasteiger partial charge in [0.15, 0.2) is 11.4 Å². The van der Waals surface area contributed by atoms with E-state index in [1.807, 2.05) is 51.3 Å². The highest BCUT2D eigenvalue weighted by Gasteiger charge is 2.36. The Morgan fingerprint density at radius 1 is 1.31 bits per heavy atom. The summed E-state index contributed by atoms with van der Waals surface area (Å²) in [7, 11) is 4.78. The van der Waals surface area contributed by atoms with Crippen LogP contribution in [0, 0.1) is 6.92 Å². The normalized spacial score (nSPS) is 12.1. The molecule has 1 aliphatic heterocycles. The molecule has 0 atom stereocenters. The Balaban J connectivity index is 1.94. The third kappa shape index (κ3) is 3.20. The van der Waals surface area contributed by atoms with Crippen LogP contribution < -0.4 is 10.0 Å². The Morgan fingerprint density at radius 3 is 2.79 bits per heavy atom. The minimum Gasteiger partial charge on any atom is -0.298 e. The summed E-state index contributed by atoms with van der Waals surface area (Å²) in [4.78, 5) is 23.7. The monoisotopic (exact) mass is 398 g/mol. The van der Waals surface area contributed by atoms with E-state index < -0.39 is 0 Å². The van der Waals surface area contributed by atoms with Crippen LogP contribution in [0.2, 0.25) is 0 Å². The summed E-state index contributed by atoms with van der Waals surface area (Å²) in [5, 5.41) is 9.81. The largest absolute Gasteiger partial charge is 0.321 e. The van der Waals surface area contributed by atoms with Gasteiger partial charge in [0.25, 0.3) is 0 Å². The molecule has 1 aromatic carbocycles. The topological polar surface area (TPSA) is 90.3 Å². The van der Waals surface area contributed by atoms with Crippen LogP contribution in [0.5, 0.6) is 0 Å². The van der Waals surface area contributed by atoms with Gasteiger partial charge < -0.3 is 0 Å². The molecule has 10 heteroatoms. The fourth-order valence-corrected chi connectivity index (χ4v) is 3.60. The third-order valence-corrected chi connectivity index (χ3v) is 5.11. The average molecular weight is 398 g/mol. The SMILES string of the molecule is CNOCC[n+]1cn2c(c1C(=O)N(C)OC)Cc1c(C)nnn1-c1ccccc1-2. The molecule has 1 aliphatic rings. The molecule has 0 bridgehead atoms. The maximum Gasteiger partial charge on any atom is 0.321 e. The Morgan fingerprint density at radius 2 is 2.07 bits per heavy atom. The molecule has 0 fully saturated rings. The van der Waals surface area contributed by atoms with Gasteiger partial charge in [-0.25, -0.2) is 19.8 Å². The molecule has 3 aromatic rings. The number of carbonyl (C=O) groups excluding carboxylic acids is 1. The van der Waals surface area contributed by atoms with E-state index in [1.54, 1.807) is 14.1 Å². The molecule has 1 amide bonds. The van der Waals surface area contributed by atoms with Gasteiger partial charge in [-0.15, -0.1) is 5.10 Å². The van der Waals surface area contributed by atoms with Gasteiger partial charge in [0.1, 0.15) is 18.8 Å². The maximum atomic E-state index is 13.2. The van der Waals surface area contributed by atoms with E-state index in [0.29, 0.717) is 25.3 Å². The van der Waals surface area contributed by atoms with Crippen LogP contribution in [-0.4, -0.2) is 58.3 Å². The molecule has 0 spiro atoms. The number of nitrogens with one attached hydrogen (secondary N) is 1. The van der Waals surface area contributed by atoms with Gasteiger partial charge in [0, 0.05) is 14.1 Å². The number of nitrogens with zero attached hydrogens (tertiary/aromatic N) is 6. The second-order valence-electron chi connectivity index (χ2n) is 6.71. The van der Waals surface area contributed by atoms with Crippen molar-refractivity contribution in [1.29, 1.82) is 0 Å². The van der Waals surface area contributed by atoms with E-state index in [4.69, 9.17) is 9.68 Å². The van der Waals surface area contributed by atoms with Gasteiger partial charge in [0.2, 0.25) is 12.0 Å². The Bertz CT molecular complexity index is 1060. The highest BCUT2D eigenvalue weighted by Crippen LogP contribution is 2.29. The number of hydrogen-bond donors (Lipinski definition) is 1. The first-order valence-corrected chi connectivity index (χ1v) is 9.32. The summed E-state index contributed by atoms with van der Waals surface area (Å²) in [6.07, 6.45) is 2.44. The quantitative estimate of drug-likeness (QED) is 0.286. The van der Waals surface area contributed by atoms with E-state index in [0.717, 1.165) is 28.5 Å². The van der Waals surface area contributed by atoms with Crippen molar-refractivity contribution in [3.63, 3.8) is 0 Å². The number of fused-ring (bicyclic) bond motifs is 5. The van der Waals surface area contributed by atoms with Gasteiger partial charge in [-0.3, -0.25) is 14.5 Å². The molecule has 152 valence electrons. The number of benzene rings is 1. The smallest absolute Gasteiger partial charge is 0.298 e. The molecular formula is C19H24N7O3+. The summed E-state index contributed by atoms with van der Waals surface area (Å²) in [5.41, 5.74) is 7.67. The first kappa shape index (κ1) is 19.2. The highest BCUT2D eigenvalue weighted by molar-refractivity contribution is 5.91.